The molecule has 0 aliphatic heterocycles. The van der Waals surface area contributed by atoms with E-state index in [2.05, 4.69) is 30.9 Å². The predicted octanol–water partition coefficient (Wildman–Crippen LogP) is 6.01. The minimum atomic E-state index is -0.160. The van der Waals surface area contributed by atoms with E-state index in [-0.39, 0.29) is 24.9 Å². The van der Waals surface area contributed by atoms with E-state index >= 15 is 0 Å². The van der Waals surface area contributed by atoms with Gasteiger partial charge in [-0.3, -0.25) is 9.69 Å². The number of aryl methyl sites for hydroxylation is 2. The number of anilines is 1. The van der Waals surface area contributed by atoms with Gasteiger partial charge in [-0.1, -0.05) is 34.5 Å². The highest BCUT2D eigenvalue weighted by Crippen LogP contribution is 2.32. The van der Waals surface area contributed by atoms with Gasteiger partial charge in [0, 0.05) is 11.6 Å². The second-order valence-corrected chi connectivity index (χ2v) is 9.32. The number of fused-ring (bicyclic) bond motifs is 1. The van der Waals surface area contributed by atoms with Crippen molar-refractivity contribution in [2.75, 3.05) is 38.7 Å². The molecule has 2 aromatic carbocycles. The van der Waals surface area contributed by atoms with Gasteiger partial charge in [-0.2, -0.15) is 0 Å². The van der Waals surface area contributed by atoms with Crippen LogP contribution in [0, 0.1) is 13.8 Å². The molecule has 3 rings (SSSR count). The van der Waals surface area contributed by atoms with Crippen LogP contribution in [-0.4, -0.2) is 49.6 Å². The number of hydrogen-bond donors (Lipinski definition) is 0. The summed E-state index contributed by atoms with van der Waals surface area (Å²) in [5.74, 6) is 0.269. The Balaban J connectivity index is 0.00000341. The van der Waals surface area contributed by atoms with E-state index in [0.717, 1.165) is 23.2 Å². The summed E-state index contributed by atoms with van der Waals surface area (Å²) >= 11 is 13.6. The first kappa shape index (κ1) is 25.7. The first-order valence-electron chi connectivity index (χ1n) is 9.65. The molecule has 0 atom stereocenters. The van der Waals surface area contributed by atoms with Crippen LogP contribution in [0.4, 0.5) is 5.13 Å². The van der Waals surface area contributed by atoms with Gasteiger partial charge in [-0.25, -0.2) is 4.98 Å². The van der Waals surface area contributed by atoms with Gasteiger partial charge in [0.15, 0.2) is 11.7 Å². The number of benzene rings is 2. The zero-order valence-corrected chi connectivity index (χ0v) is 21.1. The molecule has 0 aliphatic rings. The molecule has 0 unspecified atom stereocenters. The summed E-state index contributed by atoms with van der Waals surface area (Å²) in [6, 6.07) is 9.13. The number of amides is 1. The van der Waals surface area contributed by atoms with Crippen LogP contribution in [-0.2, 0) is 4.79 Å². The molecule has 0 bridgehead atoms. The predicted molar refractivity (Wildman–Crippen MR) is 134 cm³/mol. The molecule has 1 aromatic heterocycles. The quantitative estimate of drug-likeness (QED) is 0.379. The van der Waals surface area contributed by atoms with Crippen LogP contribution in [0.3, 0.4) is 0 Å². The molecule has 0 spiro atoms. The van der Waals surface area contributed by atoms with Gasteiger partial charge in [0.25, 0.3) is 5.91 Å². The Bertz CT molecular complexity index is 1020. The molecular weight excluding hydrogens is 477 g/mol. The van der Waals surface area contributed by atoms with Crippen LogP contribution in [0.2, 0.25) is 10.0 Å². The third kappa shape index (κ3) is 6.70. The number of carbonyl (C=O) groups excluding carboxylic acids is 1. The smallest absolute Gasteiger partial charge is 0.266 e. The topological polar surface area (TPSA) is 45.7 Å². The first-order chi connectivity index (χ1) is 14.2. The van der Waals surface area contributed by atoms with Crippen molar-refractivity contribution >= 4 is 68.2 Å². The molecule has 31 heavy (non-hydrogen) atoms. The lowest BCUT2D eigenvalue weighted by Crippen LogP contribution is -2.36. The van der Waals surface area contributed by atoms with Crippen LogP contribution in [0.25, 0.3) is 10.2 Å². The van der Waals surface area contributed by atoms with Gasteiger partial charge in [0.1, 0.15) is 5.75 Å². The lowest BCUT2D eigenvalue weighted by molar-refractivity contribution is -0.120. The Morgan fingerprint density at radius 1 is 1.10 bits per heavy atom. The number of nitrogens with zero attached hydrogens (tertiary/aromatic N) is 3. The normalized spacial score (nSPS) is 10.9. The van der Waals surface area contributed by atoms with Crippen LogP contribution in [0.1, 0.15) is 17.5 Å². The van der Waals surface area contributed by atoms with Crippen molar-refractivity contribution in [2.45, 2.75) is 20.3 Å². The Morgan fingerprint density at radius 3 is 2.48 bits per heavy atom. The van der Waals surface area contributed by atoms with E-state index in [1.165, 1.54) is 22.5 Å². The monoisotopic (exact) mass is 501 g/mol. The molecule has 1 amide bonds. The minimum absolute atomic E-state index is 0. The standard InChI is InChI=1S/C22H25Cl2N3O2S.ClH/c1-14-10-18-20(11-15(14)2)30-22(25-18)27(9-5-8-26(3)4)21(28)13-29-19-7-6-16(23)12-17(19)24;/h6-7,10-12H,5,8-9,13H2,1-4H3;1H. The van der Waals surface area contributed by atoms with E-state index in [1.54, 1.807) is 23.1 Å². The van der Waals surface area contributed by atoms with Gasteiger partial charge in [0.05, 0.1) is 15.2 Å². The summed E-state index contributed by atoms with van der Waals surface area (Å²) in [6.07, 6.45) is 0.828. The van der Waals surface area contributed by atoms with Crippen LogP contribution < -0.4 is 9.64 Å². The van der Waals surface area contributed by atoms with Gasteiger partial charge < -0.3 is 9.64 Å². The van der Waals surface area contributed by atoms with E-state index in [9.17, 15) is 4.79 Å². The third-order valence-electron chi connectivity index (χ3n) is 4.76. The summed E-state index contributed by atoms with van der Waals surface area (Å²) in [4.78, 5) is 21.6. The van der Waals surface area contributed by atoms with E-state index in [1.807, 2.05) is 14.1 Å². The van der Waals surface area contributed by atoms with E-state index in [4.69, 9.17) is 32.9 Å². The second kappa shape index (κ2) is 11.3. The summed E-state index contributed by atoms with van der Waals surface area (Å²) in [7, 11) is 4.03. The third-order valence-corrected chi connectivity index (χ3v) is 6.33. The summed E-state index contributed by atoms with van der Waals surface area (Å²) in [5, 5.41) is 1.58. The molecule has 9 heteroatoms. The van der Waals surface area contributed by atoms with Crippen LogP contribution in [0.15, 0.2) is 30.3 Å². The average molecular weight is 503 g/mol. The van der Waals surface area contributed by atoms with E-state index in [0.29, 0.717) is 27.5 Å². The molecular formula is C22H26Cl3N3O2S. The maximum absolute atomic E-state index is 13.1. The van der Waals surface area contributed by atoms with Crippen molar-refractivity contribution in [1.82, 2.24) is 9.88 Å². The molecule has 3 aromatic rings. The average Bonchev–Trinajstić information content (AvgIpc) is 3.06. The molecule has 0 radical (unpaired) electrons. The Morgan fingerprint density at radius 2 is 1.81 bits per heavy atom. The zero-order chi connectivity index (χ0) is 21.8. The van der Waals surface area contributed by atoms with Gasteiger partial charge in [0.2, 0.25) is 0 Å². The lowest BCUT2D eigenvalue weighted by atomic mass is 10.1. The fourth-order valence-corrected chi connectivity index (χ4v) is 4.52. The Kier molecular flexibility index (Phi) is 9.40. The zero-order valence-electron chi connectivity index (χ0n) is 17.9. The van der Waals surface area contributed by atoms with Crippen molar-refractivity contribution in [3.05, 3.63) is 51.5 Å². The fourth-order valence-electron chi connectivity index (χ4n) is 2.96. The summed E-state index contributed by atoms with van der Waals surface area (Å²) < 4.78 is 6.75. The Hall–Kier alpha value is -1.57. The molecule has 0 fully saturated rings. The SMILES string of the molecule is Cc1cc2nc(N(CCCN(C)C)C(=O)COc3ccc(Cl)cc3Cl)sc2cc1C.Cl. The molecule has 0 saturated carbocycles. The second-order valence-electron chi connectivity index (χ2n) is 7.47. The first-order valence-corrected chi connectivity index (χ1v) is 11.2. The van der Waals surface area contributed by atoms with Crippen LogP contribution in [0.5, 0.6) is 5.75 Å². The van der Waals surface area contributed by atoms with Crippen molar-refractivity contribution in [2.24, 2.45) is 0 Å². The molecule has 0 saturated heterocycles. The number of aromatic nitrogens is 1. The molecule has 0 N–H and O–H groups in total. The van der Waals surface area contributed by atoms with Gasteiger partial charge >= 0.3 is 0 Å². The van der Waals surface area contributed by atoms with Crippen molar-refractivity contribution < 1.29 is 9.53 Å². The Labute approximate surface area is 203 Å². The molecule has 5 nitrogen and oxygen atoms in total. The number of halogens is 3. The largest absolute Gasteiger partial charge is 0.482 e. The summed E-state index contributed by atoms with van der Waals surface area (Å²) in [6.45, 7) is 5.45. The van der Waals surface area contributed by atoms with E-state index < -0.39 is 0 Å². The van der Waals surface area contributed by atoms with Crippen molar-refractivity contribution in [3.8, 4) is 5.75 Å². The molecule has 0 aliphatic carbocycles. The van der Waals surface area contributed by atoms with Gasteiger partial charge in [-0.15, -0.1) is 12.4 Å². The van der Waals surface area contributed by atoms with Crippen molar-refractivity contribution in [1.29, 1.82) is 0 Å². The highest BCUT2D eigenvalue weighted by atomic mass is 35.5. The highest BCUT2D eigenvalue weighted by molar-refractivity contribution is 7.22. The molecule has 1 heterocycles. The fraction of sp³-hybridized carbons (Fsp3) is 0.364. The number of thiazole rings is 1. The number of ether oxygens (including phenoxy) is 1. The minimum Gasteiger partial charge on any atom is -0.482 e. The van der Waals surface area contributed by atoms with Gasteiger partial charge in [-0.05, 0) is 82.4 Å². The maximum atomic E-state index is 13.1. The van der Waals surface area contributed by atoms with Crippen LogP contribution >= 0.6 is 46.9 Å². The highest BCUT2D eigenvalue weighted by Gasteiger charge is 2.21. The number of rotatable bonds is 8. The maximum Gasteiger partial charge on any atom is 0.266 e. The summed E-state index contributed by atoms with van der Waals surface area (Å²) in [5.41, 5.74) is 3.31. The lowest BCUT2D eigenvalue weighted by Gasteiger charge is -2.21. The number of hydrogen-bond acceptors (Lipinski definition) is 5. The molecule has 168 valence electrons. The van der Waals surface area contributed by atoms with Crippen molar-refractivity contribution in [3.63, 3.8) is 0 Å². The number of carbonyl (C=O) groups is 1.